The smallest absolute Gasteiger partial charge is 0.0976 e. The molecule has 1 aromatic rings. The Morgan fingerprint density at radius 3 is 2.76 bits per heavy atom. The molecule has 17 heavy (non-hydrogen) atoms. The minimum atomic E-state index is -0.444. The molecule has 2 unspecified atom stereocenters. The fourth-order valence-corrected chi connectivity index (χ4v) is 2.50. The molecule has 2 heterocycles. The number of rotatable bonds is 2. The molecule has 0 saturated carbocycles. The molecule has 1 aliphatic rings. The first kappa shape index (κ1) is 12.6. The summed E-state index contributed by atoms with van der Waals surface area (Å²) in [6.07, 6.45) is 3.69. The van der Waals surface area contributed by atoms with E-state index in [-0.39, 0.29) is 11.5 Å². The van der Waals surface area contributed by atoms with Crippen molar-refractivity contribution in [2.45, 2.75) is 51.2 Å². The monoisotopic (exact) mass is 237 g/mol. The lowest BCUT2D eigenvalue weighted by molar-refractivity contribution is 0.135. The lowest BCUT2D eigenvalue weighted by Crippen LogP contribution is -2.30. The standard InChI is InChI=1S/C13H23N3O/c1-13(2,3)12-9(8-16(4)15-12)11(17)10-6-5-7-14-10/h8,10-11,14,17H,5-7H2,1-4H3. The Kier molecular flexibility index (Phi) is 3.27. The van der Waals surface area contributed by atoms with E-state index >= 15 is 0 Å². The number of aliphatic hydroxyl groups is 1. The first-order valence-corrected chi connectivity index (χ1v) is 6.35. The summed E-state index contributed by atoms with van der Waals surface area (Å²) in [7, 11) is 1.91. The van der Waals surface area contributed by atoms with Gasteiger partial charge in [0.1, 0.15) is 0 Å². The summed E-state index contributed by atoms with van der Waals surface area (Å²) in [6.45, 7) is 7.40. The van der Waals surface area contributed by atoms with Crippen LogP contribution in [0.2, 0.25) is 0 Å². The first-order valence-electron chi connectivity index (χ1n) is 6.35. The van der Waals surface area contributed by atoms with E-state index in [1.165, 1.54) is 0 Å². The van der Waals surface area contributed by atoms with Gasteiger partial charge in [0.15, 0.2) is 0 Å². The Labute approximate surface area is 103 Å². The van der Waals surface area contributed by atoms with Gasteiger partial charge in [0.25, 0.3) is 0 Å². The van der Waals surface area contributed by atoms with Gasteiger partial charge in [0, 0.05) is 30.3 Å². The summed E-state index contributed by atoms with van der Waals surface area (Å²) in [5.74, 6) is 0. The molecule has 0 bridgehead atoms. The van der Waals surface area contributed by atoms with Crippen LogP contribution in [-0.4, -0.2) is 27.5 Å². The minimum absolute atomic E-state index is 0.0316. The van der Waals surface area contributed by atoms with E-state index < -0.39 is 6.10 Å². The summed E-state index contributed by atoms with van der Waals surface area (Å²) in [5, 5.41) is 18.3. The van der Waals surface area contributed by atoms with Crippen LogP contribution >= 0.6 is 0 Å². The number of aliphatic hydroxyl groups excluding tert-OH is 1. The number of aromatic nitrogens is 2. The number of nitrogens with zero attached hydrogens (tertiary/aromatic N) is 2. The lowest BCUT2D eigenvalue weighted by atomic mass is 9.86. The number of hydrogen-bond acceptors (Lipinski definition) is 3. The molecule has 96 valence electrons. The Hall–Kier alpha value is -0.870. The predicted octanol–water partition coefficient (Wildman–Crippen LogP) is 1.50. The van der Waals surface area contributed by atoms with E-state index in [0.29, 0.717) is 0 Å². The van der Waals surface area contributed by atoms with Crippen molar-refractivity contribution >= 4 is 0 Å². The maximum absolute atomic E-state index is 10.5. The van der Waals surface area contributed by atoms with Gasteiger partial charge in [-0.25, -0.2) is 0 Å². The quantitative estimate of drug-likeness (QED) is 0.819. The van der Waals surface area contributed by atoms with Gasteiger partial charge in [0.2, 0.25) is 0 Å². The highest BCUT2D eigenvalue weighted by Crippen LogP contribution is 2.31. The summed E-state index contributed by atoms with van der Waals surface area (Å²) in [6, 6.07) is 0.181. The topological polar surface area (TPSA) is 50.1 Å². The highest BCUT2D eigenvalue weighted by atomic mass is 16.3. The Balaban J connectivity index is 2.30. The van der Waals surface area contributed by atoms with Gasteiger partial charge in [-0.15, -0.1) is 0 Å². The van der Waals surface area contributed by atoms with Crippen LogP contribution < -0.4 is 5.32 Å². The zero-order valence-electron chi connectivity index (χ0n) is 11.2. The molecule has 2 atom stereocenters. The minimum Gasteiger partial charge on any atom is -0.387 e. The van der Waals surface area contributed by atoms with Crippen molar-refractivity contribution in [1.82, 2.24) is 15.1 Å². The Morgan fingerprint density at radius 1 is 1.53 bits per heavy atom. The van der Waals surface area contributed by atoms with Crippen molar-refractivity contribution in [1.29, 1.82) is 0 Å². The molecular formula is C13H23N3O. The van der Waals surface area contributed by atoms with Crippen LogP contribution in [0.1, 0.15) is 51.0 Å². The highest BCUT2D eigenvalue weighted by Gasteiger charge is 2.31. The Morgan fingerprint density at radius 2 is 2.24 bits per heavy atom. The van der Waals surface area contributed by atoms with Gasteiger partial charge >= 0.3 is 0 Å². The SMILES string of the molecule is Cn1cc(C(O)C2CCCN2)c(C(C)(C)C)n1. The van der Waals surface area contributed by atoms with E-state index in [4.69, 9.17) is 0 Å². The van der Waals surface area contributed by atoms with Crippen molar-refractivity contribution in [2.24, 2.45) is 7.05 Å². The Bertz CT molecular complexity index is 386. The zero-order chi connectivity index (χ0) is 12.6. The molecule has 0 amide bonds. The van der Waals surface area contributed by atoms with Gasteiger partial charge in [-0.2, -0.15) is 5.10 Å². The second-order valence-electron chi connectivity index (χ2n) is 6.00. The third kappa shape index (κ3) is 2.53. The van der Waals surface area contributed by atoms with Crippen LogP contribution in [0.3, 0.4) is 0 Å². The molecule has 4 nitrogen and oxygen atoms in total. The van der Waals surface area contributed by atoms with Crippen molar-refractivity contribution in [3.63, 3.8) is 0 Å². The molecule has 2 N–H and O–H groups in total. The van der Waals surface area contributed by atoms with Gasteiger partial charge in [-0.3, -0.25) is 4.68 Å². The third-order valence-corrected chi connectivity index (χ3v) is 3.37. The number of aryl methyl sites for hydroxylation is 1. The van der Waals surface area contributed by atoms with Gasteiger partial charge in [-0.05, 0) is 19.4 Å². The average molecular weight is 237 g/mol. The maximum atomic E-state index is 10.5. The molecule has 2 rings (SSSR count). The molecule has 0 radical (unpaired) electrons. The molecule has 0 spiro atoms. The third-order valence-electron chi connectivity index (χ3n) is 3.37. The van der Waals surface area contributed by atoms with Gasteiger partial charge in [0.05, 0.1) is 11.8 Å². The zero-order valence-corrected chi connectivity index (χ0v) is 11.2. The van der Waals surface area contributed by atoms with Crippen molar-refractivity contribution < 1.29 is 5.11 Å². The molecule has 0 aromatic carbocycles. The predicted molar refractivity (Wildman–Crippen MR) is 67.9 cm³/mol. The van der Waals surface area contributed by atoms with E-state index in [1.54, 1.807) is 4.68 Å². The van der Waals surface area contributed by atoms with E-state index in [0.717, 1.165) is 30.6 Å². The molecular weight excluding hydrogens is 214 g/mol. The number of hydrogen-bond donors (Lipinski definition) is 2. The van der Waals surface area contributed by atoms with Gasteiger partial charge in [-0.1, -0.05) is 20.8 Å². The molecule has 0 aliphatic carbocycles. The van der Waals surface area contributed by atoms with Crippen LogP contribution in [0.5, 0.6) is 0 Å². The maximum Gasteiger partial charge on any atom is 0.0976 e. The summed E-state index contributed by atoms with van der Waals surface area (Å²) >= 11 is 0. The van der Waals surface area contributed by atoms with Gasteiger partial charge < -0.3 is 10.4 Å². The molecule has 1 aromatic heterocycles. The first-order chi connectivity index (χ1) is 7.89. The largest absolute Gasteiger partial charge is 0.387 e. The summed E-state index contributed by atoms with van der Waals surface area (Å²) in [4.78, 5) is 0. The van der Waals surface area contributed by atoms with Crippen LogP contribution in [0.25, 0.3) is 0 Å². The second-order valence-corrected chi connectivity index (χ2v) is 6.00. The van der Waals surface area contributed by atoms with E-state index in [2.05, 4.69) is 31.2 Å². The van der Waals surface area contributed by atoms with Crippen molar-refractivity contribution in [2.75, 3.05) is 6.54 Å². The molecule has 1 aliphatic heterocycles. The molecule has 4 heteroatoms. The average Bonchev–Trinajstić information content (AvgIpc) is 2.83. The summed E-state index contributed by atoms with van der Waals surface area (Å²) < 4.78 is 1.80. The fourth-order valence-electron chi connectivity index (χ4n) is 2.50. The lowest BCUT2D eigenvalue weighted by Gasteiger charge is -2.23. The van der Waals surface area contributed by atoms with Crippen molar-refractivity contribution in [3.8, 4) is 0 Å². The van der Waals surface area contributed by atoms with Crippen LogP contribution in [-0.2, 0) is 12.5 Å². The van der Waals surface area contributed by atoms with Crippen LogP contribution in [0, 0.1) is 0 Å². The van der Waals surface area contributed by atoms with Crippen LogP contribution in [0.4, 0.5) is 0 Å². The van der Waals surface area contributed by atoms with E-state index in [9.17, 15) is 5.11 Å². The fraction of sp³-hybridized carbons (Fsp3) is 0.769. The molecule has 1 saturated heterocycles. The number of nitrogens with one attached hydrogen (secondary N) is 1. The normalized spacial score (nSPS) is 23.0. The highest BCUT2D eigenvalue weighted by molar-refractivity contribution is 5.27. The van der Waals surface area contributed by atoms with E-state index in [1.807, 2.05) is 13.2 Å². The second kappa shape index (κ2) is 4.42. The molecule has 1 fully saturated rings. The van der Waals surface area contributed by atoms with Crippen LogP contribution in [0.15, 0.2) is 6.20 Å². The van der Waals surface area contributed by atoms with Crippen molar-refractivity contribution in [3.05, 3.63) is 17.5 Å². The summed E-state index contributed by atoms with van der Waals surface area (Å²) in [5.41, 5.74) is 1.94.